The zero-order chi connectivity index (χ0) is 25.7. The topological polar surface area (TPSA) is 158 Å². The van der Waals surface area contributed by atoms with Gasteiger partial charge in [-0.25, -0.2) is 18.6 Å². The molecule has 0 aliphatic carbocycles. The first-order valence-electron chi connectivity index (χ1n) is 10.6. The molecule has 1 aliphatic rings. The molecule has 0 spiro atoms. The van der Waals surface area contributed by atoms with Crippen molar-refractivity contribution in [3.05, 3.63) is 36.0 Å². The van der Waals surface area contributed by atoms with Crippen molar-refractivity contribution >= 4 is 27.5 Å². The van der Waals surface area contributed by atoms with Crippen molar-refractivity contribution < 1.29 is 22.7 Å². The fourth-order valence-electron chi connectivity index (χ4n) is 3.42. The molecule has 1 aromatic rings. The summed E-state index contributed by atoms with van der Waals surface area (Å²) in [4.78, 5) is 26.1. The van der Waals surface area contributed by atoms with Crippen LogP contribution in [-0.2, 0) is 19.4 Å². The predicted molar refractivity (Wildman–Crippen MR) is 127 cm³/mol. The van der Waals surface area contributed by atoms with Crippen molar-refractivity contribution in [2.24, 2.45) is 5.73 Å². The lowest BCUT2D eigenvalue weighted by Gasteiger charge is -2.53. The first kappa shape index (κ1) is 26.9. The van der Waals surface area contributed by atoms with Gasteiger partial charge < -0.3 is 25.7 Å². The number of sulfone groups is 1. The van der Waals surface area contributed by atoms with E-state index in [9.17, 15) is 23.3 Å². The van der Waals surface area contributed by atoms with E-state index in [1.54, 1.807) is 45.0 Å². The van der Waals surface area contributed by atoms with Crippen LogP contribution in [0.25, 0.3) is 0 Å². The molecular formula is C22H32N6O5S. The molecule has 1 heterocycles. The Morgan fingerprint density at radius 1 is 1.29 bits per heavy atom. The summed E-state index contributed by atoms with van der Waals surface area (Å²) in [6.07, 6.45) is 2.26. The summed E-state index contributed by atoms with van der Waals surface area (Å²) in [6.45, 7) is 5.83. The Morgan fingerprint density at radius 3 is 2.32 bits per heavy atom. The molecule has 1 saturated heterocycles. The first-order chi connectivity index (χ1) is 15.7. The van der Waals surface area contributed by atoms with Crippen LogP contribution in [0, 0.1) is 11.3 Å². The average molecular weight is 493 g/mol. The lowest BCUT2D eigenvalue weighted by molar-refractivity contribution is -0.114. The largest absolute Gasteiger partial charge is 0.444 e. The SMILES string of the molecule is CNN(/C=C(\CNc1ccc(S(C)(=O)=O)cc1)C(N)=O)C1(CC#N)CN(C(=O)OC(C)(C)C)C1. The van der Waals surface area contributed by atoms with E-state index in [0.717, 1.165) is 6.26 Å². The number of amides is 2. The van der Waals surface area contributed by atoms with Gasteiger partial charge >= 0.3 is 6.09 Å². The predicted octanol–water partition coefficient (Wildman–Crippen LogP) is 1.21. The van der Waals surface area contributed by atoms with E-state index in [2.05, 4.69) is 16.8 Å². The van der Waals surface area contributed by atoms with Crippen molar-refractivity contribution in [1.82, 2.24) is 15.3 Å². The van der Waals surface area contributed by atoms with Gasteiger partial charge in [0.1, 0.15) is 11.1 Å². The Morgan fingerprint density at radius 2 is 1.88 bits per heavy atom. The van der Waals surface area contributed by atoms with Crippen LogP contribution in [0.5, 0.6) is 0 Å². The molecule has 1 aliphatic heterocycles. The Hall–Kier alpha value is -3.30. The quantitative estimate of drug-likeness (QED) is 0.340. The molecule has 2 rings (SSSR count). The highest BCUT2D eigenvalue weighted by atomic mass is 32.2. The smallest absolute Gasteiger partial charge is 0.410 e. The average Bonchev–Trinajstić information content (AvgIpc) is 2.69. The van der Waals surface area contributed by atoms with Crippen molar-refractivity contribution in [1.29, 1.82) is 5.26 Å². The summed E-state index contributed by atoms with van der Waals surface area (Å²) >= 11 is 0. The van der Waals surface area contributed by atoms with Gasteiger partial charge in [0, 0.05) is 31.7 Å². The number of nitriles is 1. The number of carbonyl (C=O) groups is 2. The minimum Gasteiger partial charge on any atom is -0.444 e. The van der Waals surface area contributed by atoms with Crippen LogP contribution in [0.15, 0.2) is 40.9 Å². The maximum absolute atomic E-state index is 12.4. The number of nitrogens with two attached hydrogens (primary N) is 1. The second-order valence-corrected chi connectivity index (χ2v) is 11.2. The van der Waals surface area contributed by atoms with Crippen molar-refractivity contribution in [3.8, 4) is 6.07 Å². The maximum Gasteiger partial charge on any atom is 0.410 e. The van der Waals surface area contributed by atoms with Crippen molar-refractivity contribution in [3.63, 3.8) is 0 Å². The van der Waals surface area contributed by atoms with Gasteiger partial charge in [-0.15, -0.1) is 0 Å². The third-order valence-corrected chi connectivity index (χ3v) is 6.28. The number of ether oxygens (including phenoxy) is 1. The van der Waals surface area contributed by atoms with Gasteiger partial charge in [-0.2, -0.15) is 5.26 Å². The number of benzene rings is 1. The summed E-state index contributed by atoms with van der Waals surface area (Å²) in [6, 6.07) is 8.25. The molecule has 11 nitrogen and oxygen atoms in total. The standard InChI is InChI=1S/C22H32N6O5S/c1-21(2,3)33-20(30)27-14-22(15-27,10-11-23)28(25-4)13-16(19(24)29)12-26-17-6-8-18(9-7-17)34(5,31)32/h6-9,13,25-26H,10,12,14-15H2,1-5H3,(H2,24,29)/b16-13+. The zero-order valence-corrected chi connectivity index (χ0v) is 20.9. The number of primary amides is 1. The summed E-state index contributed by atoms with van der Waals surface area (Å²) in [5.74, 6) is -0.670. The Labute approximate surface area is 200 Å². The monoisotopic (exact) mass is 492 g/mol. The number of hydrazine groups is 1. The lowest BCUT2D eigenvalue weighted by Crippen LogP contribution is -2.72. The number of anilines is 1. The number of hydrogen-bond donors (Lipinski definition) is 3. The maximum atomic E-state index is 12.4. The number of rotatable bonds is 9. The third kappa shape index (κ3) is 6.85. The van der Waals surface area contributed by atoms with E-state index in [-0.39, 0.29) is 36.5 Å². The zero-order valence-electron chi connectivity index (χ0n) is 20.1. The molecule has 0 saturated carbocycles. The van der Waals surface area contributed by atoms with E-state index >= 15 is 0 Å². The summed E-state index contributed by atoms with van der Waals surface area (Å²) in [5.41, 5.74) is 7.96. The third-order valence-electron chi connectivity index (χ3n) is 5.15. The van der Waals surface area contributed by atoms with E-state index in [4.69, 9.17) is 10.5 Å². The number of carbonyl (C=O) groups excluding carboxylic acids is 2. The van der Waals surface area contributed by atoms with Crippen LogP contribution in [0.2, 0.25) is 0 Å². The summed E-state index contributed by atoms with van der Waals surface area (Å²) in [5, 5.41) is 14.0. The van der Waals surface area contributed by atoms with E-state index in [0.29, 0.717) is 5.69 Å². The second kappa shape index (κ2) is 10.3. The molecule has 2 amide bonds. The molecule has 0 bridgehead atoms. The van der Waals surface area contributed by atoms with Gasteiger partial charge in [0.25, 0.3) is 0 Å². The minimum absolute atomic E-state index is 0.0597. The molecule has 0 atom stereocenters. The van der Waals surface area contributed by atoms with E-state index in [1.165, 1.54) is 23.2 Å². The lowest BCUT2D eigenvalue weighted by atomic mass is 9.86. The summed E-state index contributed by atoms with van der Waals surface area (Å²) in [7, 11) is -1.67. The van der Waals surface area contributed by atoms with Crippen LogP contribution in [-0.4, -0.2) is 74.4 Å². The second-order valence-electron chi connectivity index (χ2n) is 9.16. The molecule has 34 heavy (non-hydrogen) atoms. The molecule has 0 aromatic heterocycles. The molecule has 0 radical (unpaired) electrons. The Balaban J connectivity index is 2.17. The van der Waals surface area contributed by atoms with E-state index in [1.807, 2.05) is 0 Å². The number of hydrogen-bond acceptors (Lipinski definition) is 9. The van der Waals surface area contributed by atoms with Gasteiger partial charge in [-0.05, 0) is 45.0 Å². The van der Waals surface area contributed by atoms with Crippen LogP contribution >= 0.6 is 0 Å². The molecular weight excluding hydrogens is 460 g/mol. The highest BCUT2D eigenvalue weighted by molar-refractivity contribution is 7.90. The molecule has 1 aromatic carbocycles. The van der Waals surface area contributed by atoms with Crippen molar-refractivity contribution in [2.45, 2.75) is 43.2 Å². The molecule has 0 unspecified atom stereocenters. The number of nitrogens with one attached hydrogen (secondary N) is 2. The van der Waals surface area contributed by atoms with E-state index < -0.39 is 33.0 Å². The Bertz CT molecular complexity index is 1080. The molecule has 186 valence electrons. The van der Waals surface area contributed by atoms with Gasteiger partial charge in [0.05, 0.1) is 36.0 Å². The highest BCUT2D eigenvalue weighted by Gasteiger charge is 2.50. The number of nitrogens with zero attached hydrogens (tertiary/aromatic N) is 3. The Kier molecular flexibility index (Phi) is 8.18. The van der Waals surface area contributed by atoms with Gasteiger partial charge in [0.2, 0.25) is 5.91 Å². The molecule has 4 N–H and O–H groups in total. The van der Waals surface area contributed by atoms with Crippen LogP contribution in [0.1, 0.15) is 27.2 Å². The molecule has 12 heteroatoms. The van der Waals surface area contributed by atoms with Crippen LogP contribution in [0.4, 0.5) is 10.5 Å². The fourth-order valence-corrected chi connectivity index (χ4v) is 4.05. The number of likely N-dealkylation sites (tertiary alicyclic amines) is 1. The fraction of sp³-hybridized carbons (Fsp3) is 0.500. The van der Waals surface area contributed by atoms with Crippen molar-refractivity contribution in [2.75, 3.05) is 38.3 Å². The van der Waals surface area contributed by atoms with Gasteiger partial charge in [-0.3, -0.25) is 4.79 Å². The summed E-state index contributed by atoms with van der Waals surface area (Å²) < 4.78 is 28.6. The van der Waals surface area contributed by atoms with Crippen LogP contribution in [0.3, 0.4) is 0 Å². The normalized spacial score (nSPS) is 15.6. The van der Waals surface area contributed by atoms with Gasteiger partial charge in [0.15, 0.2) is 9.84 Å². The highest BCUT2D eigenvalue weighted by Crippen LogP contribution is 2.32. The van der Waals surface area contributed by atoms with Gasteiger partial charge in [-0.1, -0.05) is 0 Å². The van der Waals surface area contributed by atoms with Crippen LogP contribution < -0.4 is 16.5 Å². The first-order valence-corrected chi connectivity index (χ1v) is 12.5. The molecule has 1 fully saturated rings. The minimum atomic E-state index is -3.31.